The van der Waals surface area contributed by atoms with E-state index in [1.807, 2.05) is 26.0 Å². The molecular weight excluding hydrogens is 345 g/mol. The van der Waals surface area contributed by atoms with Crippen LogP contribution in [0.3, 0.4) is 0 Å². The first kappa shape index (κ1) is 18.8. The highest BCUT2D eigenvalue weighted by Crippen LogP contribution is 2.21. The minimum atomic E-state index is -0.291. The summed E-state index contributed by atoms with van der Waals surface area (Å²) >= 11 is 0. The molecule has 0 spiro atoms. The Labute approximate surface area is 157 Å². The van der Waals surface area contributed by atoms with E-state index in [4.69, 9.17) is 4.74 Å². The number of benzene rings is 2. The third-order valence-corrected chi connectivity index (χ3v) is 4.46. The number of halogens is 1. The van der Waals surface area contributed by atoms with E-state index in [9.17, 15) is 9.18 Å². The number of ether oxygens (including phenoxy) is 1. The molecule has 0 saturated carbocycles. The number of nitrogens with zero attached hydrogens (tertiary/aromatic N) is 2. The fourth-order valence-electron chi connectivity index (χ4n) is 2.97. The molecule has 3 rings (SSSR count). The average molecular weight is 367 g/mol. The number of methoxy groups -OCH3 is 1. The zero-order valence-corrected chi connectivity index (χ0v) is 15.6. The quantitative estimate of drug-likeness (QED) is 0.718. The van der Waals surface area contributed by atoms with Gasteiger partial charge in [0.25, 0.3) is 5.91 Å². The molecule has 1 atom stereocenters. The molecule has 1 N–H and O–H groups in total. The van der Waals surface area contributed by atoms with Crippen molar-refractivity contribution in [1.29, 1.82) is 0 Å². The zero-order valence-electron chi connectivity index (χ0n) is 15.6. The summed E-state index contributed by atoms with van der Waals surface area (Å²) in [5, 5.41) is 7.37. The zero-order chi connectivity index (χ0) is 19.4. The van der Waals surface area contributed by atoms with Crippen LogP contribution >= 0.6 is 0 Å². The predicted octanol–water partition coefficient (Wildman–Crippen LogP) is 3.96. The van der Waals surface area contributed by atoms with Crippen LogP contribution in [0.5, 0.6) is 0 Å². The van der Waals surface area contributed by atoms with E-state index in [1.165, 1.54) is 12.1 Å². The molecule has 1 aromatic heterocycles. The number of amides is 1. The summed E-state index contributed by atoms with van der Waals surface area (Å²) < 4.78 is 19.9. The predicted molar refractivity (Wildman–Crippen MR) is 101 cm³/mol. The number of carbonyl (C=O) groups excluding carboxylic acids is 1. The van der Waals surface area contributed by atoms with Gasteiger partial charge in [0.15, 0.2) is 0 Å². The van der Waals surface area contributed by atoms with Crippen molar-refractivity contribution in [2.24, 2.45) is 0 Å². The van der Waals surface area contributed by atoms with E-state index in [0.717, 1.165) is 22.5 Å². The van der Waals surface area contributed by atoms with Gasteiger partial charge in [-0.2, -0.15) is 5.10 Å². The molecule has 1 unspecified atom stereocenters. The number of nitrogens with one attached hydrogen (secondary N) is 1. The lowest BCUT2D eigenvalue weighted by Crippen LogP contribution is -2.27. The Hall–Kier alpha value is -2.99. The minimum absolute atomic E-state index is 0.152. The molecule has 1 heterocycles. The number of carbonyl (C=O) groups is 1. The maximum absolute atomic E-state index is 13.1. The monoisotopic (exact) mass is 367 g/mol. The lowest BCUT2D eigenvalue weighted by atomic mass is 10.1. The molecule has 3 aromatic rings. The Balaban J connectivity index is 1.73. The normalized spacial score (nSPS) is 12.0. The van der Waals surface area contributed by atoms with Crippen molar-refractivity contribution in [3.63, 3.8) is 0 Å². The second kappa shape index (κ2) is 8.14. The summed E-state index contributed by atoms with van der Waals surface area (Å²) in [4.78, 5) is 12.5. The molecule has 6 heteroatoms. The van der Waals surface area contributed by atoms with Crippen LogP contribution < -0.4 is 5.32 Å². The number of hydrogen-bond donors (Lipinski definition) is 1. The maximum atomic E-state index is 13.1. The summed E-state index contributed by atoms with van der Waals surface area (Å²) in [5.41, 5.74) is 4.17. The van der Waals surface area contributed by atoms with Crippen LogP contribution in [0.25, 0.3) is 5.69 Å². The molecular formula is C21H22FN3O2. The Morgan fingerprint density at radius 3 is 2.48 bits per heavy atom. The second-order valence-electron chi connectivity index (χ2n) is 6.40. The molecule has 0 fully saturated rings. The van der Waals surface area contributed by atoms with E-state index < -0.39 is 0 Å². The summed E-state index contributed by atoms with van der Waals surface area (Å²) in [6.07, 6.45) is 1.73. The Kier molecular flexibility index (Phi) is 5.66. The lowest BCUT2D eigenvalue weighted by Gasteiger charge is -2.14. The van der Waals surface area contributed by atoms with Crippen LogP contribution in [0.15, 0.2) is 54.7 Å². The minimum Gasteiger partial charge on any atom is -0.380 e. The van der Waals surface area contributed by atoms with E-state index in [-0.39, 0.29) is 17.8 Å². The summed E-state index contributed by atoms with van der Waals surface area (Å²) in [6, 6.07) is 13.2. The summed E-state index contributed by atoms with van der Waals surface area (Å²) in [7, 11) is 1.64. The maximum Gasteiger partial charge on any atom is 0.251 e. The van der Waals surface area contributed by atoms with Gasteiger partial charge in [-0.25, -0.2) is 9.07 Å². The van der Waals surface area contributed by atoms with Crippen molar-refractivity contribution < 1.29 is 13.9 Å². The van der Waals surface area contributed by atoms with Crippen molar-refractivity contribution >= 4 is 5.91 Å². The van der Waals surface area contributed by atoms with E-state index in [2.05, 4.69) is 10.4 Å². The second-order valence-corrected chi connectivity index (χ2v) is 6.40. The average Bonchev–Trinajstić information content (AvgIpc) is 3.05. The van der Waals surface area contributed by atoms with Gasteiger partial charge >= 0.3 is 0 Å². The highest BCUT2D eigenvalue weighted by molar-refractivity contribution is 5.94. The van der Waals surface area contributed by atoms with Gasteiger partial charge in [-0.3, -0.25) is 4.79 Å². The molecule has 0 bridgehead atoms. The van der Waals surface area contributed by atoms with Gasteiger partial charge in [0.2, 0.25) is 0 Å². The molecule has 1 amide bonds. The third-order valence-electron chi connectivity index (χ3n) is 4.46. The smallest absolute Gasteiger partial charge is 0.251 e. The molecule has 27 heavy (non-hydrogen) atoms. The van der Waals surface area contributed by atoms with Gasteiger partial charge in [-0.15, -0.1) is 0 Å². The molecule has 0 saturated heterocycles. The van der Waals surface area contributed by atoms with E-state index in [0.29, 0.717) is 12.2 Å². The molecule has 0 aliphatic rings. The Morgan fingerprint density at radius 2 is 1.85 bits per heavy atom. The Bertz CT molecular complexity index is 918. The van der Waals surface area contributed by atoms with Crippen LogP contribution in [-0.2, 0) is 11.3 Å². The van der Waals surface area contributed by atoms with Gasteiger partial charge in [-0.1, -0.05) is 12.1 Å². The molecule has 2 aromatic carbocycles. The van der Waals surface area contributed by atoms with Crippen molar-refractivity contribution in [2.75, 3.05) is 7.11 Å². The number of aromatic nitrogens is 2. The standard InChI is InChI=1S/C21H22FN3O2/c1-14(24-21(26)17-6-4-16(5-7-17)13-27-3)20-12-23-25(15(20)2)19-10-8-18(22)9-11-19/h4-12,14H,13H2,1-3H3,(H,24,26). The fourth-order valence-corrected chi connectivity index (χ4v) is 2.97. The third kappa shape index (κ3) is 4.23. The lowest BCUT2D eigenvalue weighted by molar-refractivity contribution is 0.0939. The van der Waals surface area contributed by atoms with E-state index >= 15 is 0 Å². The highest BCUT2D eigenvalue weighted by atomic mass is 19.1. The van der Waals surface area contributed by atoms with Crippen molar-refractivity contribution in [3.05, 3.63) is 82.9 Å². The number of rotatable bonds is 6. The summed E-state index contributed by atoms with van der Waals surface area (Å²) in [5.74, 6) is -0.443. The van der Waals surface area contributed by atoms with E-state index in [1.54, 1.807) is 42.3 Å². The molecule has 0 aliphatic carbocycles. The molecule has 140 valence electrons. The topological polar surface area (TPSA) is 56.1 Å². The number of hydrogen-bond acceptors (Lipinski definition) is 3. The van der Waals surface area contributed by atoms with Crippen molar-refractivity contribution in [2.45, 2.75) is 26.5 Å². The fraction of sp³-hybridized carbons (Fsp3) is 0.238. The SMILES string of the molecule is COCc1ccc(C(=O)NC(C)c2cnn(-c3ccc(F)cc3)c2C)cc1. The molecule has 0 radical (unpaired) electrons. The first-order valence-electron chi connectivity index (χ1n) is 8.69. The highest BCUT2D eigenvalue weighted by Gasteiger charge is 2.17. The van der Waals surface area contributed by atoms with Gasteiger partial charge in [0.1, 0.15) is 5.82 Å². The first-order valence-corrected chi connectivity index (χ1v) is 8.69. The summed E-state index contributed by atoms with van der Waals surface area (Å²) in [6.45, 7) is 4.35. The van der Waals surface area contributed by atoms with Crippen LogP contribution in [0, 0.1) is 12.7 Å². The molecule has 0 aliphatic heterocycles. The van der Waals surface area contributed by atoms with Crippen LogP contribution in [-0.4, -0.2) is 22.8 Å². The van der Waals surface area contributed by atoms with Gasteiger partial charge in [-0.05, 0) is 55.8 Å². The van der Waals surface area contributed by atoms with Crippen molar-refractivity contribution in [3.8, 4) is 5.69 Å². The largest absolute Gasteiger partial charge is 0.380 e. The van der Waals surface area contributed by atoms with Gasteiger partial charge < -0.3 is 10.1 Å². The van der Waals surface area contributed by atoms with Crippen LogP contribution in [0.2, 0.25) is 0 Å². The van der Waals surface area contributed by atoms with Crippen LogP contribution in [0.4, 0.5) is 4.39 Å². The van der Waals surface area contributed by atoms with Gasteiger partial charge in [0.05, 0.1) is 24.5 Å². The van der Waals surface area contributed by atoms with Crippen LogP contribution in [0.1, 0.15) is 40.1 Å². The molecule has 5 nitrogen and oxygen atoms in total. The first-order chi connectivity index (χ1) is 13.0. The Morgan fingerprint density at radius 1 is 1.19 bits per heavy atom. The van der Waals surface area contributed by atoms with Gasteiger partial charge in [0, 0.05) is 23.9 Å². The van der Waals surface area contributed by atoms with Crippen molar-refractivity contribution in [1.82, 2.24) is 15.1 Å².